The van der Waals surface area contributed by atoms with Crippen LogP contribution in [0.2, 0.25) is 0 Å². The van der Waals surface area contributed by atoms with Crippen LogP contribution in [0.25, 0.3) is 10.9 Å². The lowest BCUT2D eigenvalue weighted by atomic mass is 10.1. The average molecular weight is 314 g/mol. The molecule has 5 nitrogen and oxygen atoms in total. The molecule has 2 N–H and O–H groups in total. The Morgan fingerprint density at radius 1 is 1.36 bits per heavy atom. The number of H-pyrrole nitrogens is 1. The third-order valence-electron chi connectivity index (χ3n) is 3.69. The minimum absolute atomic E-state index is 0.153. The number of para-hydroxylation sites is 1. The van der Waals surface area contributed by atoms with E-state index in [1.807, 2.05) is 38.4 Å². The number of carbonyl (C=O) groups is 1. The molecular weight excluding hydrogens is 296 g/mol. The van der Waals surface area contributed by atoms with Crippen LogP contribution >= 0.6 is 11.3 Å². The van der Waals surface area contributed by atoms with Crippen molar-refractivity contribution in [2.45, 2.75) is 6.04 Å². The molecule has 2 heterocycles. The van der Waals surface area contributed by atoms with Crippen molar-refractivity contribution in [2.24, 2.45) is 0 Å². The number of carbonyl (C=O) groups excluding carboxylic acids is 1. The summed E-state index contributed by atoms with van der Waals surface area (Å²) >= 11 is 1.66. The van der Waals surface area contributed by atoms with Gasteiger partial charge in [-0.3, -0.25) is 9.89 Å². The summed E-state index contributed by atoms with van der Waals surface area (Å²) in [6, 6.07) is 9.87. The highest BCUT2D eigenvalue weighted by molar-refractivity contribution is 7.07. The first kappa shape index (κ1) is 14.7. The molecule has 0 saturated carbocycles. The molecule has 1 aromatic carbocycles. The molecule has 0 aliphatic rings. The van der Waals surface area contributed by atoms with Crippen LogP contribution in [0, 0.1) is 0 Å². The van der Waals surface area contributed by atoms with Gasteiger partial charge in [-0.1, -0.05) is 18.2 Å². The maximum Gasteiger partial charge on any atom is 0.272 e. The van der Waals surface area contributed by atoms with Crippen molar-refractivity contribution in [3.63, 3.8) is 0 Å². The maximum atomic E-state index is 12.4. The molecule has 0 aliphatic carbocycles. The molecule has 1 atom stereocenters. The third-order valence-corrected chi connectivity index (χ3v) is 4.39. The molecule has 0 radical (unpaired) electrons. The fraction of sp³-hybridized carbons (Fsp3) is 0.250. The SMILES string of the molecule is CN(C)[C@@H](CNC(=O)c1n[nH]c2ccccc12)c1ccsc1. The summed E-state index contributed by atoms with van der Waals surface area (Å²) in [5.41, 5.74) is 2.52. The molecule has 3 rings (SSSR count). The summed E-state index contributed by atoms with van der Waals surface area (Å²) in [6.45, 7) is 0.545. The number of aromatic nitrogens is 2. The van der Waals surface area contributed by atoms with Gasteiger partial charge in [0.05, 0.1) is 11.6 Å². The lowest BCUT2D eigenvalue weighted by molar-refractivity contribution is 0.0938. The van der Waals surface area contributed by atoms with Crippen molar-refractivity contribution in [3.05, 3.63) is 52.3 Å². The molecule has 22 heavy (non-hydrogen) atoms. The molecule has 3 aromatic rings. The number of fused-ring (bicyclic) bond motifs is 1. The van der Waals surface area contributed by atoms with E-state index in [0.29, 0.717) is 12.2 Å². The van der Waals surface area contributed by atoms with E-state index in [9.17, 15) is 4.79 Å². The molecule has 0 aliphatic heterocycles. The topological polar surface area (TPSA) is 61.0 Å². The lowest BCUT2D eigenvalue weighted by Gasteiger charge is -2.23. The van der Waals surface area contributed by atoms with E-state index in [1.54, 1.807) is 11.3 Å². The average Bonchev–Trinajstić information content (AvgIpc) is 3.16. The van der Waals surface area contributed by atoms with Crippen molar-refractivity contribution < 1.29 is 4.79 Å². The number of nitrogens with zero attached hydrogens (tertiary/aromatic N) is 2. The van der Waals surface area contributed by atoms with Crippen molar-refractivity contribution >= 4 is 28.1 Å². The van der Waals surface area contributed by atoms with Gasteiger partial charge < -0.3 is 10.2 Å². The predicted molar refractivity (Wildman–Crippen MR) is 89.2 cm³/mol. The Labute approximate surface area is 133 Å². The highest BCUT2D eigenvalue weighted by atomic mass is 32.1. The molecule has 2 aromatic heterocycles. The van der Waals surface area contributed by atoms with Gasteiger partial charge in [-0.05, 0) is 42.6 Å². The molecule has 1 amide bonds. The number of nitrogens with one attached hydrogen (secondary N) is 2. The summed E-state index contributed by atoms with van der Waals surface area (Å²) in [5.74, 6) is -0.153. The second-order valence-electron chi connectivity index (χ2n) is 5.36. The van der Waals surface area contributed by atoms with Crippen LogP contribution in [0.15, 0.2) is 41.1 Å². The van der Waals surface area contributed by atoms with Crippen LogP contribution in [-0.2, 0) is 0 Å². The number of thiophene rings is 1. The van der Waals surface area contributed by atoms with E-state index >= 15 is 0 Å². The van der Waals surface area contributed by atoms with Gasteiger partial charge in [-0.25, -0.2) is 0 Å². The van der Waals surface area contributed by atoms with Crippen LogP contribution in [0.1, 0.15) is 22.1 Å². The highest BCUT2D eigenvalue weighted by Gasteiger charge is 2.18. The molecule has 0 unspecified atom stereocenters. The number of amides is 1. The van der Waals surface area contributed by atoms with E-state index in [1.165, 1.54) is 5.56 Å². The van der Waals surface area contributed by atoms with E-state index in [-0.39, 0.29) is 11.9 Å². The Balaban J connectivity index is 1.74. The van der Waals surface area contributed by atoms with Crippen molar-refractivity contribution in [2.75, 3.05) is 20.6 Å². The number of likely N-dealkylation sites (N-methyl/N-ethyl adjacent to an activating group) is 1. The Morgan fingerprint density at radius 2 is 2.18 bits per heavy atom. The first-order valence-electron chi connectivity index (χ1n) is 7.06. The van der Waals surface area contributed by atoms with E-state index in [0.717, 1.165) is 10.9 Å². The van der Waals surface area contributed by atoms with Gasteiger partial charge in [0.1, 0.15) is 0 Å². The zero-order chi connectivity index (χ0) is 15.5. The lowest BCUT2D eigenvalue weighted by Crippen LogP contribution is -2.34. The first-order valence-corrected chi connectivity index (χ1v) is 8.01. The maximum absolute atomic E-state index is 12.4. The minimum atomic E-state index is -0.153. The predicted octanol–water partition coefficient (Wildman–Crippen LogP) is 2.66. The number of aromatic amines is 1. The van der Waals surface area contributed by atoms with Crippen LogP contribution in [-0.4, -0.2) is 41.6 Å². The molecule has 6 heteroatoms. The minimum Gasteiger partial charge on any atom is -0.349 e. The van der Waals surface area contributed by atoms with Crippen LogP contribution < -0.4 is 5.32 Å². The zero-order valence-electron chi connectivity index (χ0n) is 12.5. The second-order valence-corrected chi connectivity index (χ2v) is 6.14. The third kappa shape index (κ3) is 2.88. The van der Waals surface area contributed by atoms with Crippen LogP contribution in [0.4, 0.5) is 0 Å². The summed E-state index contributed by atoms with van der Waals surface area (Å²) in [6.07, 6.45) is 0. The molecule has 0 saturated heterocycles. The van der Waals surface area contributed by atoms with Crippen molar-refractivity contribution in [1.82, 2.24) is 20.4 Å². The first-order chi connectivity index (χ1) is 10.7. The van der Waals surface area contributed by atoms with Gasteiger partial charge in [0, 0.05) is 11.9 Å². The van der Waals surface area contributed by atoms with Gasteiger partial charge in [0.25, 0.3) is 5.91 Å². The largest absolute Gasteiger partial charge is 0.349 e. The number of hydrogen-bond acceptors (Lipinski definition) is 4. The molecular formula is C16H18N4OS. The van der Waals surface area contributed by atoms with E-state index < -0.39 is 0 Å². The van der Waals surface area contributed by atoms with Gasteiger partial charge in [-0.2, -0.15) is 16.4 Å². The smallest absolute Gasteiger partial charge is 0.272 e. The van der Waals surface area contributed by atoms with E-state index in [2.05, 4.69) is 37.2 Å². The Hall–Kier alpha value is -2.18. The number of benzene rings is 1. The van der Waals surface area contributed by atoms with E-state index in [4.69, 9.17) is 0 Å². The van der Waals surface area contributed by atoms with Gasteiger partial charge in [0.15, 0.2) is 5.69 Å². The Bertz CT molecular complexity index is 763. The second kappa shape index (κ2) is 6.29. The molecule has 0 bridgehead atoms. The molecule has 0 fully saturated rings. The Morgan fingerprint density at radius 3 is 2.91 bits per heavy atom. The normalized spacial score (nSPS) is 12.7. The molecule has 114 valence electrons. The van der Waals surface area contributed by atoms with Crippen molar-refractivity contribution in [3.8, 4) is 0 Å². The van der Waals surface area contributed by atoms with Crippen LogP contribution in [0.3, 0.4) is 0 Å². The van der Waals surface area contributed by atoms with Crippen molar-refractivity contribution in [1.29, 1.82) is 0 Å². The summed E-state index contributed by atoms with van der Waals surface area (Å²) in [4.78, 5) is 14.5. The Kier molecular flexibility index (Phi) is 4.22. The molecule has 0 spiro atoms. The standard InChI is InChI=1S/C16H18N4OS/c1-20(2)14(11-7-8-22-10-11)9-17-16(21)15-12-5-3-4-6-13(12)18-19-15/h3-8,10,14H,9H2,1-2H3,(H,17,21)(H,18,19)/t14-/m0/s1. The van der Waals surface area contributed by atoms with Gasteiger partial charge >= 0.3 is 0 Å². The fourth-order valence-corrected chi connectivity index (χ4v) is 3.18. The number of rotatable bonds is 5. The van der Waals surface area contributed by atoms with Gasteiger partial charge in [-0.15, -0.1) is 0 Å². The summed E-state index contributed by atoms with van der Waals surface area (Å²) in [7, 11) is 4.02. The quantitative estimate of drug-likeness (QED) is 0.761. The monoisotopic (exact) mass is 314 g/mol. The highest BCUT2D eigenvalue weighted by Crippen LogP contribution is 2.20. The summed E-state index contributed by atoms with van der Waals surface area (Å²) < 4.78 is 0. The summed E-state index contributed by atoms with van der Waals surface area (Å²) in [5, 5.41) is 15.0. The number of hydrogen-bond donors (Lipinski definition) is 2. The van der Waals surface area contributed by atoms with Gasteiger partial charge in [0.2, 0.25) is 0 Å². The fourth-order valence-electron chi connectivity index (χ4n) is 2.47. The van der Waals surface area contributed by atoms with Crippen LogP contribution in [0.5, 0.6) is 0 Å². The zero-order valence-corrected chi connectivity index (χ0v) is 13.4.